The number of hydrogen-bond donors (Lipinski definition) is 0. The Kier molecular flexibility index (Phi) is 5.80. The highest BCUT2D eigenvalue weighted by molar-refractivity contribution is 5.87. The van der Waals surface area contributed by atoms with Gasteiger partial charge in [-0.05, 0) is 56.3 Å². The van der Waals surface area contributed by atoms with Crippen LogP contribution in [0.3, 0.4) is 0 Å². The third-order valence-electron chi connectivity index (χ3n) is 8.73. The summed E-state index contributed by atoms with van der Waals surface area (Å²) in [5.41, 5.74) is 10.7. The summed E-state index contributed by atoms with van der Waals surface area (Å²) in [5, 5.41) is 2.35. The molecule has 43 heavy (non-hydrogen) atoms. The van der Waals surface area contributed by atoms with E-state index in [-0.39, 0.29) is 5.41 Å². The van der Waals surface area contributed by atoms with Crippen LogP contribution in [-0.4, -0.2) is 15.0 Å². The predicted molar refractivity (Wildman–Crippen MR) is 177 cm³/mol. The van der Waals surface area contributed by atoms with Crippen molar-refractivity contribution in [2.24, 2.45) is 0 Å². The zero-order chi connectivity index (χ0) is 29.0. The molecule has 0 spiro atoms. The summed E-state index contributed by atoms with van der Waals surface area (Å²) in [7, 11) is 0. The van der Waals surface area contributed by atoms with E-state index in [1.54, 1.807) is 0 Å². The van der Waals surface area contributed by atoms with Crippen LogP contribution in [0.2, 0.25) is 0 Å². The second-order valence-corrected chi connectivity index (χ2v) is 11.7. The van der Waals surface area contributed by atoms with E-state index in [1.807, 2.05) is 30.3 Å². The Balaban J connectivity index is 1.19. The molecule has 8 rings (SSSR count). The second-order valence-electron chi connectivity index (χ2n) is 11.7. The molecule has 1 aliphatic rings. The minimum atomic E-state index is -0.0280. The molecule has 1 aromatic heterocycles. The van der Waals surface area contributed by atoms with E-state index < -0.39 is 0 Å². The van der Waals surface area contributed by atoms with Crippen molar-refractivity contribution >= 4 is 10.8 Å². The smallest absolute Gasteiger partial charge is 0.164 e. The molecule has 0 N–H and O–H groups in total. The minimum Gasteiger partial charge on any atom is -0.208 e. The van der Waals surface area contributed by atoms with E-state index in [0.717, 1.165) is 22.1 Å². The first-order chi connectivity index (χ1) is 21.0. The van der Waals surface area contributed by atoms with Crippen LogP contribution in [0, 0.1) is 0 Å². The lowest BCUT2D eigenvalue weighted by Crippen LogP contribution is -2.14. The number of aromatic nitrogens is 3. The Bertz CT molecular complexity index is 2140. The van der Waals surface area contributed by atoms with Gasteiger partial charge in [-0.15, -0.1) is 0 Å². The van der Waals surface area contributed by atoms with E-state index in [9.17, 15) is 0 Å². The van der Waals surface area contributed by atoms with Gasteiger partial charge in [0.2, 0.25) is 0 Å². The van der Waals surface area contributed by atoms with Gasteiger partial charge in [-0.3, -0.25) is 0 Å². The lowest BCUT2D eigenvalue weighted by Gasteiger charge is -2.22. The number of fused-ring (bicyclic) bond motifs is 4. The highest BCUT2D eigenvalue weighted by Crippen LogP contribution is 2.49. The fourth-order valence-corrected chi connectivity index (χ4v) is 6.37. The molecule has 0 amide bonds. The molecule has 0 fully saturated rings. The van der Waals surface area contributed by atoms with Crippen LogP contribution in [0.4, 0.5) is 0 Å². The first-order valence-corrected chi connectivity index (χ1v) is 14.7. The van der Waals surface area contributed by atoms with Gasteiger partial charge in [-0.1, -0.05) is 141 Å². The minimum absolute atomic E-state index is 0.0280. The molecule has 0 aliphatic heterocycles. The predicted octanol–water partition coefficient (Wildman–Crippen LogP) is 10.00. The first kappa shape index (κ1) is 25.3. The molecule has 0 unspecified atom stereocenters. The average molecular weight is 552 g/mol. The van der Waals surface area contributed by atoms with E-state index in [0.29, 0.717) is 17.5 Å². The molecule has 0 bridgehead atoms. The Labute approximate surface area is 251 Å². The third kappa shape index (κ3) is 4.33. The highest BCUT2D eigenvalue weighted by atomic mass is 15.0. The molecule has 3 heteroatoms. The normalized spacial score (nSPS) is 13.1. The van der Waals surface area contributed by atoms with Gasteiger partial charge in [0.05, 0.1) is 0 Å². The maximum atomic E-state index is 4.98. The first-order valence-electron chi connectivity index (χ1n) is 14.7. The van der Waals surface area contributed by atoms with Gasteiger partial charge in [0, 0.05) is 22.1 Å². The van der Waals surface area contributed by atoms with Crippen molar-refractivity contribution < 1.29 is 0 Å². The molecule has 0 radical (unpaired) electrons. The molecule has 1 heterocycles. The summed E-state index contributed by atoms with van der Waals surface area (Å²) in [6.07, 6.45) is 0. The Morgan fingerprint density at radius 1 is 0.372 bits per heavy atom. The summed E-state index contributed by atoms with van der Waals surface area (Å²) < 4.78 is 0. The van der Waals surface area contributed by atoms with Crippen LogP contribution in [0.25, 0.3) is 67.2 Å². The van der Waals surface area contributed by atoms with Crippen LogP contribution >= 0.6 is 0 Å². The van der Waals surface area contributed by atoms with Crippen molar-refractivity contribution in [2.75, 3.05) is 0 Å². The number of benzene rings is 6. The Hall–Kier alpha value is -5.41. The molecule has 7 aromatic rings. The Morgan fingerprint density at radius 3 is 1.67 bits per heavy atom. The van der Waals surface area contributed by atoms with E-state index >= 15 is 0 Å². The fourth-order valence-electron chi connectivity index (χ4n) is 6.37. The highest BCUT2D eigenvalue weighted by Gasteiger charge is 2.35. The molecule has 6 aromatic carbocycles. The molecule has 0 saturated heterocycles. The van der Waals surface area contributed by atoms with E-state index in [2.05, 4.69) is 123 Å². The quantitative estimate of drug-likeness (QED) is 0.218. The monoisotopic (exact) mass is 551 g/mol. The molecule has 204 valence electrons. The van der Waals surface area contributed by atoms with Crippen molar-refractivity contribution in [3.8, 4) is 56.4 Å². The van der Waals surface area contributed by atoms with Crippen molar-refractivity contribution in [1.29, 1.82) is 0 Å². The number of nitrogens with zero attached hydrogens (tertiary/aromatic N) is 3. The summed E-state index contributed by atoms with van der Waals surface area (Å²) in [5.74, 6) is 1.99. The zero-order valence-corrected chi connectivity index (χ0v) is 24.1. The van der Waals surface area contributed by atoms with Gasteiger partial charge in [0.1, 0.15) is 0 Å². The lowest BCUT2D eigenvalue weighted by atomic mass is 9.81. The fraction of sp³-hybridized carbons (Fsp3) is 0.0750. The van der Waals surface area contributed by atoms with E-state index in [4.69, 9.17) is 15.0 Å². The molecule has 0 saturated carbocycles. The molecular formula is C40H29N3. The van der Waals surface area contributed by atoms with Crippen molar-refractivity contribution in [3.63, 3.8) is 0 Å². The van der Waals surface area contributed by atoms with Crippen LogP contribution in [0.1, 0.15) is 25.0 Å². The van der Waals surface area contributed by atoms with Gasteiger partial charge in [-0.2, -0.15) is 0 Å². The molecule has 1 aliphatic carbocycles. The van der Waals surface area contributed by atoms with Crippen LogP contribution in [0.5, 0.6) is 0 Å². The van der Waals surface area contributed by atoms with Crippen LogP contribution < -0.4 is 0 Å². The average Bonchev–Trinajstić information content (AvgIpc) is 3.30. The van der Waals surface area contributed by atoms with Gasteiger partial charge >= 0.3 is 0 Å². The third-order valence-corrected chi connectivity index (χ3v) is 8.73. The van der Waals surface area contributed by atoms with Crippen molar-refractivity contribution in [2.45, 2.75) is 19.3 Å². The largest absolute Gasteiger partial charge is 0.208 e. The van der Waals surface area contributed by atoms with Crippen LogP contribution in [0.15, 0.2) is 140 Å². The summed E-state index contributed by atoms with van der Waals surface area (Å²) >= 11 is 0. The summed E-state index contributed by atoms with van der Waals surface area (Å²) in [6.45, 7) is 4.64. The Morgan fingerprint density at radius 2 is 0.907 bits per heavy atom. The standard InChI is InChI=1S/C40H29N3/c1-40(2)35-15-9-8-14-33(35)34-23-22-31(25-36(34)40)27-16-19-29(20-17-27)38-41-37(28-11-4-3-5-12-28)42-39(43-38)32-21-18-26-10-6-7-13-30(26)24-32/h3-25H,1-2H3. The van der Waals surface area contributed by atoms with Crippen molar-refractivity contribution in [3.05, 3.63) is 151 Å². The maximum Gasteiger partial charge on any atom is 0.164 e. The maximum absolute atomic E-state index is 4.98. The van der Waals surface area contributed by atoms with Gasteiger partial charge in [0.25, 0.3) is 0 Å². The SMILES string of the molecule is CC1(C)c2ccccc2-c2ccc(-c3ccc(-c4nc(-c5ccccc5)nc(-c5ccc6ccccc6c5)n4)cc3)cc21. The number of rotatable bonds is 4. The lowest BCUT2D eigenvalue weighted by molar-refractivity contribution is 0.660. The van der Waals surface area contributed by atoms with Gasteiger partial charge < -0.3 is 0 Å². The van der Waals surface area contributed by atoms with Gasteiger partial charge in [0.15, 0.2) is 17.5 Å². The second kappa shape index (κ2) is 9.85. The van der Waals surface area contributed by atoms with Gasteiger partial charge in [-0.25, -0.2) is 15.0 Å². The summed E-state index contributed by atoms with van der Waals surface area (Å²) in [4.78, 5) is 14.8. The topological polar surface area (TPSA) is 38.7 Å². The molecule has 3 nitrogen and oxygen atoms in total. The van der Waals surface area contributed by atoms with Crippen LogP contribution in [-0.2, 0) is 5.41 Å². The summed E-state index contributed by atoms with van der Waals surface area (Å²) in [6, 6.07) is 49.1. The van der Waals surface area contributed by atoms with E-state index in [1.165, 1.54) is 38.8 Å². The zero-order valence-electron chi connectivity index (χ0n) is 24.1. The molecular weight excluding hydrogens is 522 g/mol. The number of hydrogen-bond acceptors (Lipinski definition) is 3. The van der Waals surface area contributed by atoms with Crippen molar-refractivity contribution in [1.82, 2.24) is 15.0 Å². The molecule has 0 atom stereocenters.